The van der Waals surface area contributed by atoms with E-state index in [1.165, 1.54) is 77.7 Å². The molecule has 0 aliphatic heterocycles. The highest BCUT2D eigenvalue weighted by Crippen LogP contribution is 2.38. The van der Waals surface area contributed by atoms with Gasteiger partial charge in [0.15, 0.2) is 0 Å². The van der Waals surface area contributed by atoms with Crippen molar-refractivity contribution in [2.24, 2.45) is 0 Å². The molecule has 0 amide bonds. The summed E-state index contributed by atoms with van der Waals surface area (Å²) < 4.78 is 2.36. The van der Waals surface area contributed by atoms with Crippen molar-refractivity contribution in [2.75, 3.05) is 10.2 Å². The van der Waals surface area contributed by atoms with Crippen LogP contribution in [-0.4, -0.2) is 4.57 Å². The van der Waals surface area contributed by atoms with Gasteiger partial charge in [0.25, 0.3) is 0 Å². The zero-order valence-electron chi connectivity index (χ0n) is 37.8. The van der Waals surface area contributed by atoms with E-state index in [0.29, 0.717) is 0 Å². The van der Waals surface area contributed by atoms with Crippen LogP contribution in [0, 0.1) is 0 Å². The van der Waals surface area contributed by atoms with Crippen molar-refractivity contribution in [3.05, 3.63) is 273 Å². The number of hydrogen-bond donors (Lipinski definition) is 1. The van der Waals surface area contributed by atoms with E-state index in [0.717, 1.165) is 22.7 Å². The molecule has 3 nitrogen and oxygen atoms in total. The predicted molar refractivity (Wildman–Crippen MR) is 287 cm³/mol. The molecule has 0 unspecified atom stereocenters. The van der Waals surface area contributed by atoms with Crippen molar-refractivity contribution in [1.29, 1.82) is 0 Å². The van der Waals surface area contributed by atoms with E-state index in [2.05, 4.69) is 245 Å². The fraction of sp³-hybridized carbons (Fsp3) is 0.0312. The monoisotopic (exact) mass is 861 g/mol. The third-order valence-electron chi connectivity index (χ3n) is 12.4. The average molecular weight is 862 g/mol. The summed E-state index contributed by atoms with van der Waals surface area (Å²) in [6, 6.07) is 93.0. The Balaban J connectivity index is 0.000000422. The number of nitrogens with zero attached hydrogens (tertiary/aromatic N) is 2. The van der Waals surface area contributed by atoms with Gasteiger partial charge in [-0.3, -0.25) is 0 Å². The minimum Gasteiger partial charge on any atom is -0.359 e. The molecule has 3 heteroatoms. The minimum absolute atomic E-state index is 1.11. The van der Waals surface area contributed by atoms with E-state index in [-0.39, 0.29) is 0 Å². The van der Waals surface area contributed by atoms with Crippen molar-refractivity contribution < 1.29 is 0 Å². The number of para-hydroxylation sites is 4. The maximum absolute atomic E-state index is 3.25. The molecule has 0 spiro atoms. The third-order valence-corrected chi connectivity index (χ3v) is 12.4. The number of allylic oxidation sites excluding steroid dienone is 2. The SMILES string of the molecule is C/C=C(\C)Nc1ccccc1.c1ccc(-c2ccc(-c3ccc(N(c4ccccc4)c4ccc(-c5ccc(-c6ccc7c(c6)c6ccccc6n7-c6ccccc6)cc5)cc4)cc3)cc2)cc1. The lowest BCUT2D eigenvalue weighted by molar-refractivity contribution is 1.18. The highest BCUT2D eigenvalue weighted by atomic mass is 15.1. The highest BCUT2D eigenvalue weighted by molar-refractivity contribution is 6.10. The fourth-order valence-electron chi connectivity index (χ4n) is 8.80. The lowest BCUT2D eigenvalue weighted by Gasteiger charge is -2.26. The number of rotatable bonds is 10. The molecule has 0 aliphatic carbocycles. The Kier molecular flexibility index (Phi) is 12.4. The number of aromatic nitrogens is 1. The first-order valence-corrected chi connectivity index (χ1v) is 23.0. The summed E-state index contributed by atoms with van der Waals surface area (Å²) in [5, 5.41) is 5.78. The number of hydrogen-bond acceptors (Lipinski definition) is 2. The van der Waals surface area contributed by atoms with E-state index in [4.69, 9.17) is 0 Å². The number of fused-ring (bicyclic) bond motifs is 3. The van der Waals surface area contributed by atoms with Gasteiger partial charge in [-0.15, -0.1) is 0 Å². The average Bonchev–Trinajstić information content (AvgIpc) is 3.74. The molecule has 11 aromatic rings. The molecule has 0 aliphatic rings. The number of nitrogens with one attached hydrogen (secondary N) is 1. The van der Waals surface area contributed by atoms with Crippen molar-refractivity contribution in [3.63, 3.8) is 0 Å². The molecule has 322 valence electrons. The van der Waals surface area contributed by atoms with Gasteiger partial charge in [0.1, 0.15) is 0 Å². The Morgan fingerprint density at radius 3 is 1.25 bits per heavy atom. The Morgan fingerprint density at radius 2 is 0.731 bits per heavy atom. The van der Waals surface area contributed by atoms with Crippen LogP contribution in [0.5, 0.6) is 0 Å². The molecule has 0 radical (unpaired) electrons. The summed E-state index contributed by atoms with van der Waals surface area (Å²) in [5.74, 6) is 0. The Labute approximate surface area is 394 Å². The lowest BCUT2D eigenvalue weighted by atomic mass is 9.98. The van der Waals surface area contributed by atoms with Crippen LogP contribution in [0.25, 0.3) is 72.0 Å². The zero-order chi connectivity index (χ0) is 45.4. The maximum atomic E-state index is 3.25. The van der Waals surface area contributed by atoms with Gasteiger partial charge in [-0.2, -0.15) is 0 Å². The van der Waals surface area contributed by atoms with Gasteiger partial charge in [-0.25, -0.2) is 0 Å². The molecule has 1 heterocycles. The Bertz CT molecular complexity index is 3380. The van der Waals surface area contributed by atoms with E-state index < -0.39 is 0 Å². The van der Waals surface area contributed by atoms with Crippen LogP contribution in [0.4, 0.5) is 22.7 Å². The molecule has 0 saturated carbocycles. The van der Waals surface area contributed by atoms with Crippen LogP contribution >= 0.6 is 0 Å². The summed E-state index contributed by atoms with van der Waals surface area (Å²) >= 11 is 0. The Morgan fingerprint density at radius 1 is 0.358 bits per heavy atom. The first-order valence-electron chi connectivity index (χ1n) is 23.0. The van der Waals surface area contributed by atoms with E-state index >= 15 is 0 Å². The van der Waals surface area contributed by atoms with Crippen LogP contribution in [0.2, 0.25) is 0 Å². The van der Waals surface area contributed by atoms with Gasteiger partial charge in [-0.05, 0) is 137 Å². The first-order chi connectivity index (χ1) is 33.1. The minimum atomic E-state index is 1.11. The first kappa shape index (κ1) is 42.3. The van der Waals surface area contributed by atoms with Gasteiger partial charge < -0.3 is 14.8 Å². The second-order valence-corrected chi connectivity index (χ2v) is 16.7. The number of anilines is 4. The van der Waals surface area contributed by atoms with Crippen LogP contribution in [0.3, 0.4) is 0 Å². The van der Waals surface area contributed by atoms with Crippen molar-refractivity contribution in [3.8, 4) is 50.2 Å². The topological polar surface area (TPSA) is 20.2 Å². The van der Waals surface area contributed by atoms with Crippen LogP contribution in [0.15, 0.2) is 273 Å². The molecule has 10 aromatic carbocycles. The van der Waals surface area contributed by atoms with Gasteiger partial charge in [-0.1, -0.05) is 188 Å². The van der Waals surface area contributed by atoms with E-state index in [9.17, 15) is 0 Å². The highest BCUT2D eigenvalue weighted by Gasteiger charge is 2.15. The predicted octanol–water partition coefficient (Wildman–Crippen LogP) is 17.9. The van der Waals surface area contributed by atoms with Crippen LogP contribution < -0.4 is 10.2 Å². The van der Waals surface area contributed by atoms with Gasteiger partial charge in [0.2, 0.25) is 0 Å². The molecule has 67 heavy (non-hydrogen) atoms. The molecule has 0 fully saturated rings. The summed E-state index contributed by atoms with van der Waals surface area (Å²) in [6.07, 6.45) is 2.05. The normalized spacial score (nSPS) is 11.2. The lowest BCUT2D eigenvalue weighted by Crippen LogP contribution is -2.09. The number of benzene rings is 10. The van der Waals surface area contributed by atoms with Crippen molar-refractivity contribution in [1.82, 2.24) is 4.57 Å². The maximum Gasteiger partial charge on any atom is 0.0541 e. The third kappa shape index (κ3) is 9.31. The smallest absolute Gasteiger partial charge is 0.0541 e. The van der Waals surface area contributed by atoms with Gasteiger partial charge in [0.05, 0.1) is 11.0 Å². The fourth-order valence-corrected chi connectivity index (χ4v) is 8.80. The largest absolute Gasteiger partial charge is 0.359 e. The van der Waals surface area contributed by atoms with E-state index in [1.54, 1.807) is 0 Å². The quantitative estimate of drug-likeness (QED) is 0.148. The van der Waals surface area contributed by atoms with Crippen LogP contribution in [0.1, 0.15) is 13.8 Å². The molecular formula is C64H51N3. The molecule has 0 saturated heterocycles. The Hall–Kier alpha value is -8.66. The summed E-state index contributed by atoms with van der Waals surface area (Å²) in [7, 11) is 0. The molecular weight excluding hydrogens is 811 g/mol. The molecule has 11 rings (SSSR count). The van der Waals surface area contributed by atoms with Gasteiger partial charge >= 0.3 is 0 Å². The molecule has 1 N–H and O–H groups in total. The second kappa shape index (κ2) is 19.6. The van der Waals surface area contributed by atoms with Crippen molar-refractivity contribution >= 4 is 44.6 Å². The summed E-state index contributed by atoms with van der Waals surface area (Å²) in [6.45, 7) is 4.07. The van der Waals surface area contributed by atoms with Crippen molar-refractivity contribution in [2.45, 2.75) is 13.8 Å². The van der Waals surface area contributed by atoms with Gasteiger partial charge in [0, 0.05) is 44.9 Å². The molecule has 0 bridgehead atoms. The summed E-state index contributed by atoms with van der Waals surface area (Å²) in [4.78, 5) is 2.32. The second-order valence-electron chi connectivity index (χ2n) is 16.7. The standard InChI is InChI=1S/C54H38N2.C10H13N/c1-4-12-39(13-5-1)40-20-22-41(23-21-40)43-28-33-49(34-29-43)55(47-14-6-2-7-15-47)50-35-30-44(31-36-50)42-24-26-45(27-25-42)46-32-37-54-52(38-46)51-18-10-11-19-53(51)56(54)48-16-8-3-9-17-48;1-3-9(2)11-10-7-5-4-6-8-10/h1-38H;3-8,11H,1-2H3/b;9-3+. The van der Waals surface area contributed by atoms with Crippen LogP contribution in [-0.2, 0) is 0 Å². The molecule has 0 atom stereocenters. The van der Waals surface area contributed by atoms with E-state index in [1.807, 2.05) is 50.3 Å². The molecule has 1 aromatic heterocycles. The zero-order valence-corrected chi connectivity index (χ0v) is 37.8. The summed E-state index contributed by atoms with van der Waals surface area (Å²) in [5.41, 5.74) is 18.9.